The van der Waals surface area contributed by atoms with Crippen molar-refractivity contribution < 1.29 is 4.79 Å². The smallest absolute Gasteiger partial charge is 0.220 e. The molecule has 110 valence electrons. The molecule has 0 bridgehead atoms. The fraction of sp³-hybridized carbons (Fsp3) is 0.562. The first-order valence-corrected chi connectivity index (χ1v) is 8.09. The van der Waals surface area contributed by atoms with Crippen LogP contribution in [0.3, 0.4) is 0 Å². The van der Waals surface area contributed by atoms with Gasteiger partial charge in [0.1, 0.15) is 0 Å². The van der Waals surface area contributed by atoms with E-state index in [9.17, 15) is 4.79 Å². The number of hydrogen-bond acceptors (Lipinski definition) is 2. The number of hydrogen-bond donors (Lipinski definition) is 2. The maximum Gasteiger partial charge on any atom is 0.220 e. The Morgan fingerprint density at radius 2 is 2.15 bits per heavy atom. The molecule has 1 aliphatic heterocycles. The SMILES string of the molecule is CC1(CNC(=O)CCc2cccc(Br)c2)CCNCC1. The van der Waals surface area contributed by atoms with Gasteiger partial charge in [0.25, 0.3) is 0 Å². The molecule has 1 aromatic carbocycles. The quantitative estimate of drug-likeness (QED) is 0.866. The summed E-state index contributed by atoms with van der Waals surface area (Å²) in [5.74, 6) is 0.157. The molecule has 0 unspecified atom stereocenters. The first kappa shape index (κ1) is 15.5. The summed E-state index contributed by atoms with van der Waals surface area (Å²) in [7, 11) is 0. The van der Waals surface area contributed by atoms with Crippen LogP contribution in [0.4, 0.5) is 0 Å². The van der Waals surface area contributed by atoms with Gasteiger partial charge in [0, 0.05) is 17.4 Å². The van der Waals surface area contributed by atoms with Gasteiger partial charge >= 0.3 is 0 Å². The van der Waals surface area contributed by atoms with Gasteiger partial charge in [-0.3, -0.25) is 4.79 Å². The van der Waals surface area contributed by atoms with Gasteiger partial charge in [-0.1, -0.05) is 35.0 Å². The Kier molecular flexibility index (Phi) is 5.61. The van der Waals surface area contributed by atoms with Gasteiger partial charge < -0.3 is 10.6 Å². The molecule has 2 N–H and O–H groups in total. The van der Waals surface area contributed by atoms with Crippen molar-refractivity contribution in [3.63, 3.8) is 0 Å². The second kappa shape index (κ2) is 7.23. The first-order chi connectivity index (χ1) is 9.57. The molecule has 0 spiro atoms. The zero-order chi connectivity index (χ0) is 14.4. The standard InChI is InChI=1S/C16H23BrN2O/c1-16(7-9-18-10-8-16)12-19-15(20)6-5-13-3-2-4-14(17)11-13/h2-4,11,18H,5-10,12H2,1H3,(H,19,20). The van der Waals surface area contributed by atoms with E-state index in [1.807, 2.05) is 12.1 Å². The number of aryl methyl sites for hydroxylation is 1. The van der Waals surface area contributed by atoms with Crippen molar-refractivity contribution in [3.8, 4) is 0 Å². The second-order valence-corrected chi connectivity index (χ2v) is 6.88. The molecule has 0 saturated carbocycles. The molecule has 20 heavy (non-hydrogen) atoms. The van der Waals surface area contributed by atoms with Crippen molar-refractivity contribution in [2.24, 2.45) is 5.41 Å². The highest BCUT2D eigenvalue weighted by Crippen LogP contribution is 2.26. The molecule has 0 atom stereocenters. The third kappa shape index (κ3) is 4.91. The maximum atomic E-state index is 11.9. The van der Waals surface area contributed by atoms with Crippen LogP contribution in [-0.2, 0) is 11.2 Å². The topological polar surface area (TPSA) is 41.1 Å². The van der Waals surface area contributed by atoms with Crippen LogP contribution in [0, 0.1) is 5.41 Å². The lowest BCUT2D eigenvalue weighted by molar-refractivity contribution is -0.121. The van der Waals surface area contributed by atoms with E-state index in [0.29, 0.717) is 6.42 Å². The highest BCUT2D eigenvalue weighted by atomic mass is 79.9. The Labute approximate surface area is 129 Å². The fourth-order valence-corrected chi connectivity index (χ4v) is 3.00. The van der Waals surface area contributed by atoms with E-state index in [4.69, 9.17) is 0 Å². The largest absolute Gasteiger partial charge is 0.356 e. The minimum atomic E-state index is 0.157. The summed E-state index contributed by atoms with van der Waals surface area (Å²) in [5.41, 5.74) is 1.46. The van der Waals surface area contributed by atoms with Gasteiger partial charge in [0.15, 0.2) is 0 Å². The van der Waals surface area contributed by atoms with Crippen LogP contribution in [0.1, 0.15) is 31.7 Å². The average Bonchev–Trinajstić information content (AvgIpc) is 2.44. The number of benzene rings is 1. The molecule has 1 aromatic rings. The lowest BCUT2D eigenvalue weighted by Crippen LogP contribution is -2.42. The highest BCUT2D eigenvalue weighted by Gasteiger charge is 2.26. The summed E-state index contributed by atoms with van der Waals surface area (Å²) < 4.78 is 1.07. The third-order valence-electron chi connectivity index (χ3n) is 4.05. The number of rotatable bonds is 5. The van der Waals surface area contributed by atoms with Crippen molar-refractivity contribution >= 4 is 21.8 Å². The van der Waals surface area contributed by atoms with E-state index in [1.165, 1.54) is 5.56 Å². The molecule has 1 fully saturated rings. The van der Waals surface area contributed by atoms with Crippen LogP contribution in [0.2, 0.25) is 0 Å². The molecule has 1 amide bonds. The third-order valence-corrected chi connectivity index (χ3v) is 4.55. The predicted octanol–water partition coefficient (Wildman–Crippen LogP) is 2.89. The molecular formula is C16H23BrN2O. The van der Waals surface area contributed by atoms with Crippen LogP contribution < -0.4 is 10.6 Å². The highest BCUT2D eigenvalue weighted by molar-refractivity contribution is 9.10. The van der Waals surface area contributed by atoms with Gasteiger partial charge in [-0.2, -0.15) is 0 Å². The van der Waals surface area contributed by atoms with Crippen molar-refractivity contribution in [1.82, 2.24) is 10.6 Å². The van der Waals surface area contributed by atoms with E-state index < -0.39 is 0 Å². The summed E-state index contributed by atoms with van der Waals surface area (Å²) in [6.45, 7) is 5.18. The normalized spacial score (nSPS) is 17.7. The predicted molar refractivity (Wildman–Crippen MR) is 85.7 cm³/mol. The molecule has 0 aromatic heterocycles. The summed E-state index contributed by atoms with van der Waals surface area (Å²) >= 11 is 3.45. The van der Waals surface area contributed by atoms with Crippen molar-refractivity contribution in [1.29, 1.82) is 0 Å². The Bertz CT molecular complexity index is 456. The Hall–Kier alpha value is -0.870. The molecular weight excluding hydrogens is 316 g/mol. The Morgan fingerprint density at radius 3 is 2.85 bits per heavy atom. The molecule has 3 nitrogen and oxygen atoms in total. The van der Waals surface area contributed by atoms with E-state index >= 15 is 0 Å². The van der Waals surface area contributed by atoms with Gasteiger partial charge in [-0.05, 0) is 55.5 Å². The number of carbonyl (C=O) groups is 1. The van der Waals surface area contributed by atoms with Crippen LogP contribution in [0.25, 0.3) is 0 Å². The zero-order valence-corrected chi connectivity index (χ0v) is 13.6. The van der Waals surface area contributed by atoms with Crippen LogP contribution in [0.5, 0.6) is 0 Å². The summed E-state index contributed by atoms with van der Waals surface area (Å²) in [6, 6.07) is 8.14. The summed E-state index contributed by atoms with van der Waals surface area (Å²) in [4.78, 5) is 11.9. The molecule has 0 radical (unpaired) electrons. The average molecular weight is 339 g/mol. The lowest BCUT2D eigenvalue weighted by Gasteiger charge is -2.34. The van der Waals surface area contributed by atoms with Gasteiger partial charge in [-0.25, -0.2) is 0 Å². The minimum absolute atomic E-state index is 0.157. The number of carbonyl (C=O) groups excluding carboxylic acids is 1. The van der Waals surface area contributed by atoms with Crippen molar-refractivity contribution in [2.45, 2.75) is 32.6 Å². The fourth-order valence-electron chi connectivity index (χ4n) is 2.56. The number of halogens is 1. The van der Waals surface area contributed by atoms with Crippen LogP contribution in [-0.4, -0.2) is 25.5 Å². The molecule has 0 aliphatic carbocycles. The Balaban J connectivity index is 1.72. The van der Waals surface area contributed by atoms with Gasteiger partial charge in [0.2, 0.25) is 5.91 Å². The molecule has 4 heteroatoms. The van der Waals surface area contributed by atoms with E-state index in [-0.39, 0.29) is 11.3 Å². The van der Waals surface area contributed by atoms with Crippen molar-refractivity contribution in [2.75, 3.05) is 19.6 Å². The molecule has 1 aliphatic rings. The molecule has 2 rings (SSSR count). The summed E-state index contributed by atoms with van der Waals surface area (Å²) in [5, 5.41) is 6.46. The maximum absolute atomic E-state index is 11.9. The monoisotopic (exact) mass is 338 g/mol. The number of nitrogens with one attached hydrogen (secondary N) is 2. The van der Waals surface area contributed by atoms with Crippen molar-refractivity contribution in [3.05, 3.63) is 34.3 Å². The van der Waals surface area contributed by atoms with Crippen LogP contribution in [0.15, 0.2) is 28.7 Å². The Morgan fingerprint density at radius 1 is 1.40 bits per heavy atom. The summed E-state index contributed by atoms with van der Waals surface area (Å²) in [6.07, 6.45) is 3.63. The van der Waals surface area contributed by atoms with Gasteiger partial charge in [-0.15, -0.1) is 0 Å². The van der Waals surface area contributed by atoms with Crippen LogP contribution >= 0.6 is 15.9 Å². The first-order valence-electron chi connectivity index (χ1n) is 7.29. The second-order valence-electron chi connectivity index (χ2n) is 5.97. The molecule has 1 saturated heterocycles. The van der Waals surface area contributed by atoms with Gasteiger partial charge in [0.05, 0.1) is 0 Å². The zero-order valence-electron chi connectivity index (χ0n) is 12.0. The van der Waals surface area contributed by atoms with E-state index in [1.54, 1.807) is 0 Å². The number of piperidine rings is 1. The lowest BCUT2D eigenvalue weighted by atomic mass is 9.81. The van der Waals surface area contributed by atoms with E-state index in [2.05, 4.69) is 45.6 Å². The minimum Gasteiger partial charge on any atom is -0.356 e. The molecule has 1 heterocycles. The van der Waals surface area contributed by atoms with E-state index in [0.717, 1.165) is 43.4 Å². The number of amides is 1.